The monoisotopic (exact) mass is 1000 g/mol. The molecule has 0 radical (unpaired) electrons. The maximum atomic E-state index is 13.0. The van der Waals surface area contributed by atoms with E-state index in [1.54, 1.807) is 6.08 Å². The third-order valence-electron chi connectivity index (χ3n) is 14.1. The SMILES string of the molecule is CCCCCCC/C=C\C/C=C\C/C=C\CCCCCCCCCCCCCCCCCCCCCCC(=O)NC(COC1OC(CO)C(O)C(O)C1O)C(O)/C=C/CC/C=C/CCCCCCCCC. The van der Waals surface area contributed by atoms with E-state index in [2.05, 4.69) is 67.8 Å². The molecule has 7 atom stereocenters. The highest BCUT2D eigenvalue weighted by atomic mass is 16.7. The summed E-state index contributed by atoms with van der Waals surface area (Å²) in [4.78, 5) is 13.0. The second kappa shape index (κ2) is 51.4. The van der Waals surface area contributed by atoms with Crippen LogP contribution in [0.5, 0.6) is 0 Å². The van der Waals surface area contributed by atoms with E-state index in [0.717, 1.165) is 51.4 Å². The summed E-state index contributed by atoms with van der Waals surface area (Å²) in [6.45, 7) is 3.75. The first-order chi connectivity index (χ1) is 34.8. The van der Waals surface area contributed by atoms with Crippen molar-refractivity contribution in [2.75, 3.05) is 13.2 Å². The van der Waals surface area contributed by atoms with Crippen molar-refractivity contribution in [2.24, 2.45) is 0 Å². The minimum absolute atomic E-state index is 0.185. The summed E-state index contributed by atoms with van der Waals surface area (Å²) in [5.41, 5.74) is 0. The number of carbonyl (C=O) groups is 1. The predicted octanol–water partition coefficient (Wildman–Crippen LogP) is 15.1. The van der Waals surface area contributed by atoms with E-state index in [1.807, 2.05) is 6.08 Å². The molecule has 9 nitrogen and oxygen atoms in total. The van der Waals surface area contributed by atoms with E-state index < -0.39 is 49.5 Å². The molecule has 0 aromatic heterocycles. The van der Waals surface area contributed by atoms with Gasteiger partial charge in [-0.25, -0.2) is 0 Å². The van der Waals surface area contributed by atoms with Crippen LogP contribution in [0.3, 0.4) is 0 Å². The van der Waals surface area contributed by atoms with Gasteiger partial charge >= 0.3 is 0 Å². The molecule has 1 aliphatic heterocycles. The molecule has 0 spiro atoms. The Balaban J connectivity index is 2.10. The van der Waals surface area contributed by atoms with Gasteiger partial charge in [-0.2, -0.15) is 0 Å². The van der Waals surface area contributed by atoms with Gasteiger partial charge in [0.05, 0.1) is 25.4 Å². The maximum absolute atomic E-state index is 13.0. The van der Waals surface area contributed by atoms with E-state index >= 15 is 0 Å². The number of nitrogens with one attached hydrogen (secondary N) is 1. The zero-order valence-corrected chi connectivity index (χ0v) is 46.0. The Hall–Kier alpha value is -2.11. The molecule has 0 aromatic rings. The van der Waals surface area contributed by atoms with Crippen LogP contribution < -0.4 is 5.32 Å². The van der Waals surface area contributed by atoms with Crippen LogP contribution in [-0.2, 0) is 14.3 Å². The van der Waals surface area contributed by atoms with E-state index in [0.29, 0.717) is 6.42 Å². The van der Waals surface area contributed by atoms with Crippen molar-refractivity contribution in [3.8, 4) is 0 Å². The van der Waals surface area contributed by atoms with Gasteiger partial charge in [0, 0.05) is 6.42 Å². The minimum Gasteiger partial charge on any atom is -0.394 e. The lowest BCUT2D eigenvalue weighted by Gasteiger charge is -2.40. The molecule has 0 bridgehead atoms. The Morgan fingerprint density at radius 1 is 0.479 bits per heavy atom. The fourth-order valence-electron chi connectivity index (χ4n) is 9.30. The summed E-state index contributed by atoms with van der Waals surface area (Å²) < 4.78 is 11.2. The number of hydrogen-bond donors (Lipinski definition) is 6. The summed E-state index contributed by atoms with van der Waals surface area (Å²) in [6.07, 6.45) is 63.1. The van der Waals surface area contributed by atoms with Crippen molar-refractivity contribution in [1.29, 1.82) is 0 Å². The van der Waals surface area contributed by atoms with Crippen molar-refractivity contribution in [1.82, 2.24) is 5.32 Å². The molecule has 71 heavy (non-hydrogen) atoms. The Morgan fingerprint density at radius 3 is 1.28 bits per heavy atom. The van der Waals surface area contributed by atoms with Gasteiger partial charge in [-0.05, 0) is 70.6 Å². The molecule has 0 aromatic carbocycles. The Kier molecular flexibility index (Phi) is 48.4. The Morgan fingerprint density at radius 2 is 0.845 bits per heavy atom. The molecule has 7 unspecified atom stereocenters. The highest BCUT2D eigenvalue weighted by molar-refractivity contribution is 5.76. The Labute approximate surface area is 436 Å². The first-order valence-electron chi connectivity index (χ1n) is 30.0. The van der Waals surface area contributed by atoms with Crippen LogP contribution >= 0.6 is 0 Å². The molecular formula is C62H113NO8. The summed E-state index contributed by atoms with van der Waals surface area (Å²) in [7, 11) is 0. The average Bonchev–Trinajstić information content (AvgIpc) is 3.37. The minimum atomic E-state index is -1.57. The number of hydrogen-bond acceptors (Lipinski definition) is 8. The molecule has 1 rings (SSSR count). The molecule has 414 valence electrons. The van der Waals surface area contributed by atoms with Crippen molar-refractivity contribution in [3.05, 3.63) is 60.8 Å². The van der Waals surface area contributed by atoms with Gasteiger partial charge in [-0.3, -0.25) is 4.79 Å². The van der Waals surface area contributed by atoms with Gasteiger partial charge in [0.1, 0.15) is 24.4 Å². The molecule has 1 aliphatic rings. The van der Waals surface area contributed by atoms with Crippen LogP contribution in [-0.4, -0.2) is 87.5 Å². The van der Waals surface area contributed by atoms with Crippen LogP contribution in [0.2, 0.25) is 0 Å². The Bertz CT molecular complexity index is 1300. The number of amides is 1. The van der Waals surface area contributed by atoms with Gasteiger partial charge in [-0.1, -0.05) is 254 Å². The van der Waals surface area contributed by atoms with Gasteiger partial charge in [0.2, 0.25) is 5.91 Å². The number of unbranched alkanes of at least 4 members (excludes halogenated alkanes) is 33. The second-order valence-corrected chi connectivity index (χ2v) is 20.8. The quantitative estimate of drug-likeness (QED) is 0.0261. The molecule has 1 saturated heterocycles. The van der Waals surface area contributed by atoms with Crippen molar-refractivity contribution in [2.45, 2.75) is 314 Å². The predicted molar refractivity (Wildman–Crippen MR) is 299 cm³/mol. The normalized spacial score (nSPS) is 19.7. The van der Waals surface area contributed by atoms with Gasteiger partial charge < -0.3 is 40.3 Å². The largest absolute Gasteiger partial charge is 0.394 e. The molecule has 6 N–H and O–H groups in total. The third-order valence-corrected chi connectivity index (χ3v) is 14.1. The molecule has 0 saturated carbocycles. The fraction of sp³-hybridized carbons (Fsp3) is 0.823. The van der Waals surface area contributed by atoms with Crippen LogP contribution in [0.4, 0.5) is 0 Å². The number of ether oxygens (including phenoxy) is 2. The van der Waals surface area contributed by atoms with Gasteiger partial charge in [-0.15, -0.1) is 0 Å². The summed E-state index contributed by atoms with van der Waals surface area (Å²) in [5.74, 6) is -0.185. The molecular weight excluding hydrogens is 887 g/mol. The highest BCUT2D eigenvalue weighted by Crippen LogP contribution is 2.23. The molecule has 0 aliphatic carbocycles. The van der Waals surface area contributed by atoms with Crippen LogP contribution in [0.25, 0.3) is 0 Å². The highest BCUT2D eigenvalue weighted by Gasteiger charge is 2.44. The number of aliphatic hydroxyl groups excluding tert-OH is 5. The standard InChI is InChI=1S/C62H113NO8/c1-3-5-7-9-11-13-15-17-18-19-20-21-22-23-24-25-26-27-28-29-30-31-32-33-34-35-36-37-38-40-42-44-46-48-50-52-58(66)63-55(54-70-62-61(69)60(68)59(67)57(53-64)71-62)56(65)51-49-47-45-43-41-39-16-14-12-10-8-6-4-2/h15,17,19-20,22-23,41,43,49,51,55-57,59-62,64-65,67-69H,3-14,16,18,21,24-40,42,44-48,50,52-54H2,1-2H3,(H,63,66)/b17-15-,20-19-,23-22-,43-41+,51-49+. The van der Waals surface area contributed by atoms with Crippen molar-refractivity contribution in [3.63, 3.8) is 0 Å². The van der Waals surface area contributed by atoms with Crippen LogP contribution in [0.1, 0.15) is 271 Å². The topological polar surface area (TPSA) is 149 Å². The summed E-state index contributed by atoms with van der Waals surface area (Å²) in [5, 5.41) is 54.4. The van der Waals surface area contributed by atoms with Gasteiger partial charge in [0.25, 0.3) is 0 Å². The lowest BCUT2D eigenvalue weighted by molar-refractivity contribution is -0.302. The van der Waals surface area contributed by atoms with Crippen LogP contribution in [0, 0.1) is 0 Å². The van der Waals surface area contributed by atoms with Crippen LogP contribution in [0.15, 0.2) is 60.8 Å². The third kappa shape index (κ3) is 40.9. The van der Waals surface area contributed by atoms with E-state index in [-0.39, 0.29) is 12.5 Å². The average molecular weight is 1000 g/mol. The molecule has 1 amide bonds. The summed E-state index contributed by atoms with van der Waals surface area (Å²) in [6, 6.07) is -0.821. The van der Waals surface area contributed by atoms with Crippen molar-refractivity contribution >= 4 is 5.91 Å². The smallest absolute Gasteiger partial charge is 0.220 e. The fourth-order valence-corrected chi connectivity index (χ4v) is 9.30. The molecule has 1 heterocycles. The lowest BCUT2D eigenvalue weighted by Crippen LogP contribution is -2.60. The number of allylic oxidation sites excluding steroid dienone is 9. The van der Waals surface area contributed by atoms with E-state index in [9.17, 15) is 30.3 Å². The number of carbonyl (C=O) groups excluding carboxylic acids is 1. The van der Waals surface area contributed by atoms with Crippen molar-refractivity contribution < 1.29 is 39.8 Å². The summed E-state index contributed by atoms with van der Waals surface area (Å²) >= 11 is 0. The van der Waals surface area contributed by atoms with Gasteiger partial charge in [0.15, 0.2) is 6.29 Å². The molecule has 9 heteroatoms. The number of rotatable bonds is 51. The first kappa shape index (κ1) is 66.9. The lowest BCUT2D eigenvalue weighted by atomic mass is 9.99. The molecule has 1 fully saturated rings. The first-order valence-corrected chi connectivity index (χ1v) is 30.0. The zero-order valence-electron chi connectivity index (χ0n) is 46.0. The number of aliphatic hydroxyl groups is 5. The van der Waals surface area contributed by atoms with E-state index in [4.69, 9.17) is 9.47 Å². The zero-order chi connectivity index (χ0) is 51.5. The maximum Gasteiger partial charge on any atom is 0.220 e. The van der Waals surface area contributed by atoms with E-state index in [1.165, 1.54) is 199 Å². The second-order valence-electron chi connectivity index (χ2n) is 20.8.